The predicted octanol–water partition coefficient (Wildman–Crippen LogP) is 0.505. The molecule has 0 atom stereocenters. The molecule has 0 aromatic carbocycles. The number of rotatable bonds is 4. The Kier molecular flexibility index (Phi) is 21.4. The molecule has 0 aliphatic carbocycles. The van der Waals surface area contributed by atoms with Crippen LogP contribution in [0.15, 0.2) is 24.3 Å². The van der Waals surface area contributed by atoms with E-state index in [-0.39, 0.29) is 60.0 Å². The first-order valence-electron chi connectivity index (χ1n) is 4.88. The van der Waals surface area contributed by atoms with Gasteiger partial charge in [0, 0.05) is 11.1 Å². The van der Waals surface area contributed by atoms with E-state index in [4.69, 9.17) is 27.7 Å². The molecule has 0 aromatic heterocycles. The Balaban J connectivity index is -0.0000000952. The van der Waals surface area contributed by atoms with E-state index >= 15 is 0 Å². The normalized spacial score (nSPS) is 8.60. The summed E-state index contributed by atoms with van der Waals surface area (Å²) in [4.78, 5) is 19.7. The average Bonchev–Trinajstić information content (AvgIpc) is 2.25. The molecule has 0 aliphatic heterocycles. The summed E-state index contributed by atoms with van der Waals surface area (Å²) in [5.74, 6) is -1.80. The Hall–Kier alpha value is -0.139. The topological polar surface area (TPSA) is 149 Å². The second-order valence-electron chi connectivity index (χ2n) is 2.97. The van der Waals surface area contributed by atoms with Gasteiger partial charge in [0.25, 0.3) is 0 Å². The van der Waals surface area contributed by atoms with E-state index in [0.717, 1.165) is 0 Å². The quantitative estimate of drug-likeness (QED) is 0.282. The van der Waals surface area contributed by atoms with Crippen LogP contribution in [0.3, 0.4) is 0 Å². The summed E-state index contributed by atoms with van der Waals surface area (Å²) < 4.78 is 31.6. The maximum absolute atomic E-state index is 9.83. The van der Waals surface area contributed by atoms with Crippen LogP contribution in [0.2, 0.25) is 0 Å². The summed E-state index contributed by atoms with van der Waals surface area (Å²) in [5.41, 5.74) is 0.528. The van der Waals surface area contributed by atoms with Gasteiger partial charge in [-0.3, -0.25) is 9.11 Å². The molecule has 0 rings (SSSR count). The fourth-order valence-corrected chi connectivity index (χ4v) is 0.302. The van der Waals surface area contributed by atoms with E-state index in [1.807, 2.05) is 0 Å². The van der Waals surface area contributed by atoms with Crippen molar-refractivity contribution in [2.75, 3.05) is 0 Å². The van der Waals surface area contributed by atoms with Crippen molar-refractivity contribution < 1.29 is 37.3 Å². The molecule has 4 N–H and O–H groups in total. The molecular weight excluding hydrogens is 417 g/mol. The summed E-state index contributed by atoms with van der Waals surface area (Å²) >= 11 is 0. The third-order valence-corrected chi connectivity index (χ3v) is 1.46. The Morgan fingerprint density at radius 1 is 0.900 bits per heavy atom. The molecule has 116 valence electrons. The number of carboxylic acid groups (broad SMARTS) is 2. The number of aliphatic carboxylic acids is 2. The zero-order valence-electron chi connectivity index (χ0n) is 10.7. The van der Waals surface area contributed by atoms with Gasteiger partial charge in [-0.25, -0.2) is 9.59 Å². The number of hydrogen-bond acceptors (Lipinski definition) is 4. The molecule has 20 heavy (non-hydrogen) atoms. The van der Waals surface area contributed by atoms with Gasteiger partial charge in [-0.2, -0.15) is 8.42 Å². The van der Waals surface area contributed by atoms with E-state index in [1.165, 1.54) is 0 Å². The molecular formula is C10H20BaO8S. The molecule has 0 heterocycles. The maximum atomic E-state index is 9.83. The van der Waals surface area contributed by atoms with E-state index in [9.17, 15) is 9.59 Å². The zero-order chi connectivity index (χ0) is 16.2. The molecule has 0 bridgehead atoms. The molecule has 0 fully saturated rings. The molecule has 0 radical (unpaired) electrons. The van der Waals surface area contributed by atoms with Crippen LogP contribution in [0.1, 0.15) is 26.7 Å². The Bertz CT molecular complexity index is 393. The predicted molar refractivity (Wildman–Crippen MR) is 76.9 cm³/mol. The SMILES string of the molecule is C=C(CC)C(=O)O.C=C(CC)C(=O)O.O=S(=O)(O)O.[BaH2]. The monoisotopic (exact) mass is 438 g/mol. The van der Waals surface area contributed by atoms with Crippen molar-refractivity contribution in [1.82, 2.24) is 0 Å². The zero-order valence-corrected chi connectivity index (χ0v) is 11.5. The van der Waals surface area contributed by atoms with Gasteiger partial charge in [0.1, 0.15) is 0 Å². The summed E-state index contributed by atoms with van der Waals surface area (Å²) in [5, 5.41) is 16.2. The first-order valence-corrected chi connectivity index (χ1v) is 6.28. The van der Waals surface area contributed by atoms with Gasteiger partial charge in [0.05, 0.1) is 0 Å². The van der Waals surface area contributed by atoms with Crippen molar-refractivity contribution >= 4 is 71.2 Å². The Morgan fingerprint density at radius 3 is 1.05 bits per heavy atom. The molecule has 0 amide bonds. The molecule has 0 saturated heterocycles. The van der Waals surface area contributed by atoms with Gasteiger partial charge in [0.2, 0.25) is 0 Å². The molecule has 0 saturated carbocycles. The summed E-state index contributed by atoms with van der Waals surface area (Å²) in [6.07, 6.45) is 1.05. The number of carboxylic acids is 2. The van der Waals surface area contributed by atoms with Crippen LogP contribution in [-0.2, 0) is 20.0 Å². The summed E-state index contributed by atoms with van der Waals surface area (Å²) in [6, 6.07) is 0. The third-order valence-electron chi connectivity index (χ3n) is 1.46. The van der Waals surface area contributed by atoms with Gasteiger partial charge < -0.3 is 10.2 Å². The molecule has 10 heteroatoms. The van der Waals surface area contributed by atoms with Crippen molar-refractivity contribution in [3.05, 3.63) is 24.3 Å². The van der Waals surface area contributed by atoms with Crippen molar-refractivity contribution in [1.29, 1.82) is 0 Å². The fourth-order valence-electron chi connectivity index (χ4n) is 0.302. The van der Waals surface area contributed by atoms with Crippen LogP contribution in [0, 0.1) is 0 Å². The first-order chi connectivity index (χ1) is 8.36. The van der Waals surface area contributed by atoms with Crippen molar-refractivity contribution in [3.8, 4) is 0 Å². The van der Waals surface area contributed by atoms with Crippen LogP contribution >= 0.6 is 0 Å². The Labute approximate surface area is 158 Å². The third kappa shape index (κ3) is 36.1. The van der Waals surface area contributed by atoms with Crippen molar-refractivity contribution in [2.24, 2.45) is 0 Å². The molecule has 0 aromatic rings. The first kappa shape index (κ1) is 28.1. The minimum atomic E-state index is -4.67. The Morgan fingerprint density at radius 2 is 1.05 bits per heavy atom. The van der Waals surface area contributed by atoms with Crippen molar-refractivity contribution in [3.63, 3.8) is 0 Å². The van der Waals surface area contributed by atoms with Gasteiger partial charge in [-0.1, -0.05) is 27.0 Å². The van der Waals surface area contributed by atoms with E-state index < -0.39 is 22.3 Å². The minimum absolute atomic E-state index is 0. The van der Waals surface area contributed by atoms with Crippen LogP contribution < -0.4 is 0 Å². The van der Waals surface area contributed by atoms with Gasteiger partial charge in [0.15, 0.2) is 0 Å². The van der Waals surface area contributed by atoms with E-state index in [1.54, 1.807) is 13.8 Å². The van der Waals surface area contributed by atoms with Crippen LogP contribution in [0.5, 0.6) is 0 Å². The van der Waals surface area contributed by atoms with E-state index in [2.05, 4.69) is 13.2 Å². The van der Waals surface area contributed by atoms with Gasteiger partial charge in [-0.15, -0.1) is 0 Å². The van der Waals surface area contributed by atoms with Crippen LogP contribution in [0.25, 0.3) is 0 Å². The standard InChI is InChI=1S/2C5H8O2.Ba.H2O4S.2H/c2*1-3-4(2)5(6)7;;1-5(2,3)4;;/h2*2-3H2,1H3,(H,6,7);;(H2,1,2,3,4);;. The molecule has 8 nitrogen and oxygen atoms in total. The molecule has 0 unspecified atom stereocenters. The second kappa shape index (κ2) is 15.3. The van der Waals surface area contributed by atoms with Crippen LogP contribution in [0.4, 0.5) is 0 Å². The summed E-state index contributed by atoms with van der Waals surface area (Å²) in [6.45, 7) is 10.1. The number of carbonyl (C=O) groups is 2. The van der Waals surface area contributed by atoms with E-state index in [0.29, 0.717) is 12.8 Å². The molecule has 0 aliphatic rings. The molecule has 0 spiro atoms. The second-order valence-corrected chi connectivity index (χ2v) is 3.87. The van der Waals surface area contributed by atoms with Crippen LogP contribution in [-0.4, -0.2) is 88.6 Å². The fraction of sp³-hybridized carbons (Fsp3) is 0.400. The van der Waals surface area contributed by atoms with Gasteiger partial charge in [-0.05, 0) is 12.8 Å². The van der Waals surface area contributed by atoms with Gasteiger partial charge >= 0.3 is 71.2 Å². The average molecular weight is 438 g/mol. The van der Waals surface area contributed by atoms with Crippen molar-refractivity contribution in [2.45, 2.75) is 26.7 Å². The summed E-state index contributed by atoms with van der Waals surface area (Å²) in [7, 11) is -4.67. The number of hydrogen-bond donors (Lipinski definition) is 4.